The largest absolute Gasteiger partial charge is 0.469 e. The van der Waals surface area contributed by atoms with Crippen molar-refractivity contribution in [3.05, 3.63) is 47.3 Å². The van der Waals surface area contributed by atoms with E-state index >= 15 is 0 Å². The lowest BCUT2D eigenvalue weighted by molar-refractivity contribution is -0.158. The van der Waals surface area contributed by atoms with Gasteiger partial charge in [0.2, 0.25) is 5.54 Å². The first-order valence-electron chi connectivity index (χ1n) is 11.1. The first kappa shape index (κ1) is 27.6. The molecule has 6 heteroatoms. The number of carbonyl (C=O) groups excluding carboxylic acids is 2. The molecule has 0 aromatic heterocycles. The van der Waals surface area contributed by atoms with Gasteiger partial charge in [-0.1, -0.05) is 51.1 Å². The Morgan fingerprint density at radius 2 is 1.69 bits per heavy atom. The highest BCUT2D eigenvalue weighted by atomic mass is 16.5. The van der Waals surface area contributed by atoms with E-state index in [4.69, 9.17) is 21.2 Å². The molecule has 0 saturated carbocycles. The smallest absolute Gasteiger partial charge is 0.311 e. The van der Waals surface area contributed by atoms with Gasteiger partial charge in [0.1, 0.15) is 6.61 Å². The van der Waals surface area contributed by atoms with Gasteiger partial charge in [0.25, 0.3) is 0 Å². The second kappa shape index (κ2) is 11.5. The first-order valence-corrected chi connectivity index (χ1v) is 11.1. The maximum Gasteiger partial charge on any atom is 0.311 e. The molecule has 1 rings (SSSR count). The number of hydrogen-bond donors (Lipinski definition) is 1. The zero-order valence-corrected chi connectivity index (χ0v) is 20.6. The first-order chi connectivity index (χ1) is 14.8. The van der Waals surface area contributed by atoms with Gasteiger partial charge in [0.15, 0.2) is 0 Å². The van der Waals surface area contributed by atoms with Gasteiger partial charge in [-0.25, -0.2) is 6.57 Å². The molecule has 178 valence electrons. The van der Waals surface area contributed by atoms with Crippen molar-refractivity contribution in [2.24, 2.45) is 16.7 Å². The number of aliphatic hydroxyl groups excluding tert-OH is 1. The molecule has 1 aromatic rings. The molecule has 0 fully saturated rings. The van der Waals surface area contributed by atoms with Crippen LogP contribution in [0.4, 0.5) is 0 Å². The number of rotatable bonds is 12. The van der Waals surface area contributed by atoms with E-state index in [-0.39, 0.29) is 36.9 Å². The standard InChI is InChI=1S/C26H39NO5/c1-19(22(29)32-15-14-28)16-26(6,23(30)31-8)18-24(2,3)21(17-25(4,5)27-7)20-12-10-9-11-13-20/h9-13,19,21,28H,14-18H2,1-6,8H3. The highest BCUT2D eigenvalue weighted by Gasteiger charge is 2.46. The van der Waals surface area contributed by atoms with Crippen LogP contribution < -0.4 is 0 Å². The van der Waals surface area contributed by atoms with Crippen LogP contribution in [0.5, 0.6) is 0 Å². The zero-order valence-electron chi connectivity index (χ0n) is 20.6. The van der Waals surface area contributed by atoms with Crippen molar-refractivity contribution in [2.75, 3.05) is 20.3 Å². The summed E-state index contributed by atoms with van der Waals surface area (Å²) < 4.78 is 10.2. The quantitative estimate of drug-likeness (QED) is 0.361. The van der Waals surface area contributed by atoms with Crippen LogP contribution in [0.3, 0.4) is 0 Å². The van der Waals surface area contributed by atoms with Crippen molar-refractivity contribution in [3.8, 4) is 0 Å². The molecular weight excluding hydrogens is 406 g/mol. The summed E-state index contributed by atoms with van der Waals surface area (Å²) >= 11 is 0. The minimum atomic E-state index is -0.925. The zero-order chi connectivity index (χ0) is 24.6. The monoisotopic (exact) mass is 445 g/mol. The third kappa shape index (κ3) is 7.63. The molecule has 3 atom stereocenters. The summed E-state index contributed by atoms with van der Waals surface area (Å²) in [6.07, 6.45) is 1.37. The molecular formula is C26H39NO5. The number of ether oxygens (including phenoxy) is 2. The molecule has 0 aliphatic rings. The molecule has 0 spiro atoms. The molecule has 0 radical (unpaired) electrons. The van der Waals surface area contributed by atoms with Crippen molar-refractivity contribution in [2.45, 2.75) is 72.3 Å². The topological polar surface area (TPSA) is 77.2 Å². The summed E-state index contributed by atoms with van der Waals surface area (Å²) in [4.78, 5) is 29.1. The van der Waals surface area contributed by atoms with Crippen LogP contribution >= 0.6 is 0 Å². The summed E-state index contributed by atoms with van der Waals surface area (Å²) in [6, 6.07) is 10.1. The van der Waals surface area contributed by atoms with E-state index in [0.717, 1.165) is 5.56 Å². The third-order valence-corrected chi connectivity index (χ3v) is 6.17. The fraction of sp³-hybridized carbons (Fsp3) is 0.654. The van der Waals surface area contributed by atoms with Crippen molar-refractivity contribution in [1.82, 2.24) is 0 Å². The Morgan fingerprint density at radius 1 is 1.09 bits per heavy atom. The van der Waals surface area contributed by atoms with Gasteiger partial charge in [-0.3, -0.25) is 9.59 Å². The Hall–Kier alpha value is -2.39. The van der Waals surface area contributed by atoms with Crippen LogP contribution in [0, 0.1) is 23.3 Å². The van der Waals surface area contributed by atoms with E-state index in [9.17, 15) is 9.59 Å². The van der Waals surface area contributed by atoms with Crippen LogP contribution in [0.1, 0.15) is 72.3 Å². The van der Waals surface area contributed by atoms with E-state index < -0.39 is 22.8 Å². The fourth-order valence-corrected chi connectivity index (χ4v) is 4.73. The average Bonchev–Trinajstić information content (AvgIpc) is 2.75. The van der Waals surface area contributed by atoms with Crippen LogP contribution in [-0.2, 0) is 19.1 Å². The summed E-state index contributed by atoms with van der Waals surface area (Å²) in [7, 11) is 1.36. The van der Waals surface area contributed by atoms with Gasteiger partial charge in [-0.05, 0) is 36.7 Å². The maximum absolute atomic E-state index is 12.9. The minimum Gasteiger partial charge on any atom is -0.469 e. The van der Waals surface area contributed by atoms with Crippen molar-refractivity contribution in [1.29, 1.82) is 0 Å². The van der Waals surface area contributed by atoms with Gasteiger partial charge in [0, 0.05) is 20.3 Å². The van der Waals surface area contributed by atoms with Crippen LogP contribution in [-0.4, -0.2) is 42.9 Å². The number of aliphatic hydroxyl groups is 1. The molecule has 3 unspecified atom stereocenters. The molecule has 0 amide bonds. The minimum absolute atomic E-state index is 0.0217. The van der Waals surface area contributed by atoms with Crippen LogP contribution in [0.25, 0.3) is 4.85 Å². The number of benzene rings is 1. The van der Waals surface area contributed by atoms with E-state index in [2.05, 4.69) is 30.8 Å². The van der Waals surface area contributed by atoms with Crippen molar-refractivity contribution >= 4 is 11.9 Å². The van der Waals surface area contributed by atoms with Gasteiger partial charge >= 0.3 is 11.9 Å². The normalized spacial score (nSPS) is 15.7. The van der Waals surface area contributed by atoms with Crippen LogP contribution in [0.2, 0.25) is 0 Å². The van der Waals surface area contributed by atoms with Crippen LogP contribution in [0.15, 0.2) is 30.3 Å². The lowest BCUT2D eigenvalue weighted by atomic mass is 9.61. The summed E-state index contributed by atoms with van der Waals surface area (Å²) in [6.45, 7) is 19.0. The molecule has 0 aliphatic heterocycles. The van der Waals surface area contributed by atoms with E-state index in [1.807, 2.05) is 39.0 Å². The number of methoxy groups -OCH3 is 1. The third-order valence-electron chi connectivity index (χ3n) is 6.17. The number of esters is 2. The molecule has 0 heterocycles. The Morgan fingerprint density at radius 3 is 2.19 bits per heavy atom. The predicted molar refractivity (Wildman–Crippen MR) is 125 cm³/mol. The van der Waals surface area contributed by atoms with E-state index in [1.54, 1.807) is 6.92 Å². The second-order valence-electron chi connectivity index (χ2n) is 10.3. The van der Waals surface area contributed by atoms with E-state index in [0.29, 0.717) is 12.8 Å². The summed E-state index contributed by atoms with van der Waals surface area (Å²) in [5.41, 5.74) is -0.732. The van der Waals surface area contributed by atoms with Gasteiger partial charge in [-0.15, -0.1) is 0 Å². The second-order valence-corrected chi connectivity index (χ2v) is 10.3. The fourth-order valence-electron chi connectivity index (χ4n) is 4.73. The number of carbonyl (C=O) groups is 2. The Bertz CT molecular complexity index is 796. The Balaban J connectivity index is 3.30. The molecule has 0 bridgehead atoms. The molecule has 1 aromatic carbocycles. The average molecular weight is 446 g/mol. The predicted octanol–water partition coefficient (Wildman–Crippen LogP) is 5.02. The highest BCUT2D eigenvalue weighted by molar-refractivity contribution is 5.78. The lowest BCUT2D eigenvalue weighted by Crippen LogP contribution is -2.40. The van der Waals surface area contributed by atoms with Gasteiger partial charge < -0.3 is 19.4 Å². The highest BCUT2D eigenvalue weighted by Crippen LogP contribution is 2.50. The van der Waals surface area contributed by atoms with Gasteiger partial charge in [0.05, 0.1) is 25.0 Å². The molecule has 1 N–H and O–H groups in total. The number of hydrogen-bond acceptors (Lipinski definition) is 5. The Kier molecular flexibility index (Phi) is 9.91. The molecule has 32 heavy (non-hydrogen) atoms. The molecule has 0 aliphatic carbocycles. The molecule has 6 nitrogen and oxygen atoms in total. The Labute approximate surface area is 193 Å². The molecule has 0 saturated heterocycles. The van der Waals surface area contributed by atoms with Crippen molar-refractivity contribution in [3.63, 3.8) is 0 Å². The SMILES string of the molecule is [C-]#[N+]C(C)(C)CC(c1ccccc1)C(C)(C)CC(C)(CC(C)C(=O)OCCO)C(=O)OC. The summed E-state index contributed by atoms with van der Waals surface area (Å²) in [5, 5.41) is 8.92. The summed E-state index contributed by atoms with van der Waals surface area (Å²) in [5.74, 6) is -1.32. The lowest BCUT2D eigenvalue weighted by Gasteiger charge is -2.42. The maximum atomic E-state index is 12.9. The van der Waals surface area contributed by atoms with E-state index in [1.165, 1.54) is 7.11 Å². The van der Waals surface area contributed by atoms with Gasteiger partial charge in [-0.2, -0.15) is 0 Å². The van der Waals surface area contributed by atoms with Crippen molar-refractivity contribution < 1.29 is 24.2 Å². The number of nitrogens with zero attached hydrogens (tertiary/aromatic N) is 1.